The number of nitrogen functional groups attached to an aromatic ring is 1. The number of anilines is 1. The van der Waals surface area contributed by atoms with Crippen molar-refractivity contribution in [3.8, 4) is 22.3 Å². The molecule has 0 saturated heterocycles. The summed E-state index contributed by atoms with van der Waals surface area (Å²) in [5, 5.41) is 4.37. The standard InChI is InChI=1S/C34H27NO2/c1-34(2,3)20-18-25(21-12-8-16-29-31(21)23-10-4-6-14-27(23)36-29)33(35)26(19-20)22-13-9-17-30-32(22)24-11-5-7-15-28(24)37-30/h4-19H,35H2,1-3H3. The molecule has 2 aromatic heterocycles. The van der Waals surface area contributed by atoms with Gasteiger partial charge in [-0.05, 0) is 58.5 Å². The minimum absolute atomic E-state index is 0.0735. The first-order chi connectivity index (χ1) is 17.9. The fourth-order valence-electron chi connectivity index (χ4n) is 5.53. The van der Waals surface area contributed by atoms with Crippen molar-refractivity contribution < 1.29 is 8.83 Å². The van der Waals surface area contributed by atoms with Crippen LogP contribution in [0.1, 0.15) is 26.3 Å². The van der Waals surface area contributed by atoms with Crippen LogP contribution < -0.4 is 5.73 Å². The SMILES string of the molecule is CC(C)(C)c1cc(-c2cccc3oc4ccccc4c23)c(N)c(-c2cccc3oc4ccccc4c23)c1. The monoisotopic (exact) mass is 481 g/mol. The van der Waals surface area contributed by atoms with Gasteiger partial charge in [0.15, 0.2) is 0 Å². The third kappa shape index (κ3) is 3.27. The smallest absolute Gasteiger partial charge is 0.136 e. The van der Waals surface area contributed by atoms with E-state index in [1.165, 1.54) is 5.56 Å². The van der Waals surface area contributed by atoms with Crippen LogP contribution in [0.2, 0.25) is 0 Å². The third-order valence-electron chi connectivity index (χ3n) is 7.43. The molecular weight excluding hydrogens is 454 g/mol. The van der Waals surface area contributed by atoms with E-state index in [-0.39, 0.29) is 5.41 Å². The van der Waals surface area contributed by atoms with Crippen LogP contribution in [0.4, 0.5) is 5.69 Å². The van der Waals surface area contributed by atoms with Gasteiger partial charge in [0, 0.05) is 38.4 Å². The van der Waals surface area contributed by atoms with Crippen LogP contribution in [0.5, 0.6) is 0 Å². The van der Waals surface area contributed by atoms with E-state index in [9.17, 15) is 0 Å². The Kier molecular flexibility index (Phi) is 4.56. The van der Waals surface area contributed by atoms with Gasteiger partial charge in [-0.3, -0.25) is 0 Å². The van der Waals surface area contributed by atoms with Crippen molar-refractivity contribution in [2.24, 2.45) is 0 Å². The summed E-state index contributed by atoms with van der Waals surface area (Å²) >= 11 is 0. The zero-order chi connectivity index (χ0) is 25.3. The molecule has 3 nitrogen and oxygen atoms in total. The first-order valence-corrected chi connectivity index (χ1v) is 12.7. The van der Waals surface area contributed by atoms with Crippen LogP contribution in [0, 0.1) is 0 Å². The Labute approximate surface area is 215 Å². The third-order valence-corrected chi connectivity index (χ3v) is 7.43. The highest BCUT2D eigenvalue weighted by Crippen LogP contribution is 2.46. The van der Waals surface area contributed by atoms with Gasteiger partial charge in [-0.15, -0.1) is 0 Å². The van der Waals surface area contributed by atoms with Crippen LogP contribution in [0.15, 0.2) is 106 Å². The van der Waals surface area contributed by atoms with E-state index in [0.29, 0.717) is 0 Å². The number of benzene rings is 5. The van der Waals surface area contributed by atoms with Gasteiger partial charge in [0.05, 0.1) is 0 Å². The highest BCUT2D eigenvalue weighted by atomic mass is 16.3. The maximum Gasteiger partial charge on any atom is 0.136 e. The van der Waals surface area contributed by atoms with E-state index >= 15 is 0 Å². The second kappa shape index (κ2) is 7.75. The summed E-state index contributed by atoms with van der Waals surface area (Å²) in [6, 6.07) is 33.4. The normalized spacial score (nSPS) is 12.3. The number of rotatable bonds is 2. The van der Waals surface area contributed by atoms with Crippen molar-refractivity contribution in [3.05, 3.63) is 103 Å². The lowest BCUT2D eigenvalue weighted by Crippen LogP contribution is -2.12. The summed E-state index contributed by atoms with van der Waals surface area (Å²) in [7, 11) is 0. The molecule has 37 heavy (non-hydrogen) atoms. The number of fused-ring (bicyclic) bond motifs is 6. The number of hydrogen-bond donors (Lipinski definition) is 1. The molecule has 0 unspecified atom stereocenters. The molecule has 0 fully saturated rings. The van der Waals surface area contributed by atoms with Crippen molar-refractivity contribution >= 4 is 49.6 Å². The number of furan rings is 2. The summed E-state index contributed by atoms with van der Waals surface area (Å²) in [5.74, 6) is 0. The molecule has 7 aromatic rings. The van der Waals surface area contributed by atoms with Crippen molar-refractivity contribution in [2.75, 3.05) is 5.73 Å². The predicted molar refractivity (Wildman–Crippen MR) is 155 cm³/mol. The van der Waals surface area contributed by atoms with E-state index in [1.807, 2.05) is 48.5 Å². The molecular formula is C34H27NO2. The second-order valence-corrected chi connectivity index (χ2v) is 10.8. The number of para-hydroxylation sites is 2. The summed E-state index contributed by atoms with van der Waals surface area (Å²) in [6.07, 6.45) is 0. The fraction of sp³-hybridized carbons (Fsp3) is 0.118. The quantitative estimate of drug-likeness (QED) is 0.250. The van der Waals surface area contributed by atoms with Crippen LogP contribution in [0.3, 0.4) is 0 Å². The molecule has 0 saturated carbocycles. The van der Waals surface area contributed by atoms with E-state index in [4.69, 9.17) is 14.6 Å². The lowest BCUT2D eigenvalue weighted by Gasteiger charge is -2.24. The molecule has 0 radical (unpaired) electrons. The molecule has 0 amide bonds. The molecule has 0 aliphatic carbocycles. The Morgan fingerprint density at radius 2 is 0.946 bits per heavy atom. The van der Waals surface area contributed by atoms with Gasteiger partial charge < -0.3 is 14.6 Å². The summed E-state index contributed by atoms with van der Waals surface area (Å²) in [4.78, 5) is 0. The largest absolute Gasteiger partial charge is 0.456 e. The number of hydrogen-bond acceptors (Lipinski definition) is 3. The number of nitrogens with two attached hydrogens (primary N) is 1. The van der Waals surface area contributed by atoms with Crippen molar-refractivity contribution in [1.82, 2.24) is 0 Å². The minimum Gasteiger partial charge on any atom is -0.456 e. The predicted octanol–water partition coefficient (Wildman–Crippen LogP) is 9.70. The van der Waals surface area contributed by atoms with E-state index < -0.39 is 0 Å². The molecule has 0 aliphatic rings. The van der Waals surface area contributed by atoms with E-state index in [2.05, 4.69) is 69.3 Å². The fourth-order valence-corrected chi connectivity index (χ4v) is 5.53. The maximum atomic E-state index is 7.11. The van der Waals surface area contributed by atoms with Gasteiger partial charge in [0.25, 0.3) is 0 Å². The minimum atomic E-state index is -0.0735. The second-order valence-electron chi connectivity index (χ2n) is 10.8. The van der Waals surface area contributed by atoms with Gasteiger partial charge in [-0.1, -0.05) is 81.4 Å². The van der Waals surface area contributed by atoms with Crippen LogP contribution in [-0.2, 0) is 5.41 Å². The molecule has 0 aliphatic heterocycles. The topological polar surface area (TPSA) is 52.3 Å². The van der Waals surface area contributed by atoms with Gasteiger partial charge in [-0.25, -0.2) is 0 Å². The van der Waals surface area contributed by atoms with Crippen molar-refractivity contribution in [2.45, 2.75) is 26.2 Å². The highest BCUT2D eigenvalue weighted by Gasteiger charge is 2.23. The molecule has 2 N–H and O–H groups in total. The first-order valence-electron chi connectivity index (χ1n) is 12.7. The van der Waals surface area contributed by atoms with Crippen LogP contribution in [-0.4, -0.2) is 0 Å². The Morgan fingerprint density at radius 3 is 1.41 bits per heavy atom. The lowest BCUT2D eigenvalue weighted by atomic mass is 9.81. The van der Waals surface area contributed by atoms with Gasteiger partial charge >= 0.3 is 0 Å². The average Bonchev–Trinajstić information content (AvgIpc) is 3.46. The van der Waals surface area contributed by atoms with Gasteiger partial charge in [0.1, 0.15) is 22.3 Å². The zero-order valence-corrected chi connectivity index (χ0v) is 21.1. The van der Waals surface area contributed by atoms with Crippen LogP contribution in [0.25, 0.3) is 66.1 Å². The lowest BCUT2D eigenvalue weighted by molar-refractivity contribution is 0.591. The summed E-state index contributed by atoms with van der Waals surface area (Å²) in [5.41, 5.74) is 16.7. The molecule has 7 rings (SSSR count). The molecule has 0 bridgehead atoms. The molecule has 2 heterocycles. The Balaban J connectivity index is 1.60. The summed E-state index contributed by atoms with van der Waals surface area (Å²) < 4.78 is 12.4. The van der Waals surface area contributed by atoms with Gasteiger partial charge in [0.2, 0.25) is 0 Å². The maximum absolute atomic E-state index is 7.11. The zero-order valence-electron chi connectivity index (χ0n) is 21.1. The Bertz CT molecular complexity index is 1850. The Hall–Kier alpha value is -4.50. The molecule has 5 aromatic carbocycles. The van der Waals surface area contributed by atoms with Crippen molar-refractivity contribution in [3.63, 3.8) is 0 Å². The Morgan fingerprint density at radius 1 is 0.514 bits per heavy atom. The first kappa shape index (κ1) is 21.8. The highest BCUT2D eigenvalue weighted by molar-refractivity contribution is 6.16. The molecule has 180 valence electrons. The van der Waals surface area contributed by atoms with Crippen LogP contribution >= 0.6 is 0 Å². The molecule has 0 spiro atoms. The summed E-state index contributed by atoms with van der Waals surface area (Å²) in [6.45, 7) is 6.73. The van der Waals surface area contributed by atoms with E-state index in [1.54, 1.807) is 0 Å². The average molecular weight is 482 g/mol. The molecule has 0 atom stereocenters. The van der Waals surface area contributed by atoms with Gasteiger partial charge in [-0.2, -0.15) is 0 Å². The molecule has 3 heteroatoms. The van der Waals surface area contributed by atoms with Crippen molar-refractivity contribution in [1.29, 1.82) is 0 Å². The van der Waals surface area contributed by atoms with E-state index in [0.717, 1.165) is 71.8 Å².